The van der Waals surface area contributed by atoms with Gasteiger partial charge in [0.15, 0.2) is 0 Å². The van der Waals surface area contributed by atoms with Gasteiger partial charge in [-0.1, -0.05) is 0 Å². The van der Waals surface area contributed by atoms with Crippen LogP contribution in [0.2, 0.25) is 0 Å². The van der Waals surface area contributed by atoms with Gasteiger partial charge < -0.3 is 4.74 Å². The molecule has 0 unspecified atom stereocenters. The van der Waals surface area contributed by atoms with Crippen LogP contribution in [0.1, 0.15) is 51.4 Å². The lowest BCUT2D eigenvalue weighted by atomic mass is 9.93. The number of imide groups is 1. The fourth-order valence-electron chi connectivity index (χ4n) is 3.92. The minimum absolute atomic E-state index is 0.0133. The van der Waals surface area contributed by atoms with Gasteiger partial charge in [-0.15, -0.1) is 0 Å². The van der Waals surface area contributed by atoms with E-state index in [1.165, 1.54) is 12.1 Å². The molecule has 25 heavy (non-hydrogen) atoms. The number of hydrogen-bond donors (Lipinski definition) is 0. The minimum atomic E-state index is -0.604. The van der Waals surface area contributed by atoms with E-state index >= 15 is 0 Å². The summed E-state index contributed by atoms with van der Waals surface area (Å²) in [4.78, 5) is 26.3. The molecule has 2 aliphatic carbocycles. The molecule has 6 heteroatoms. The van der Waals surface area contributed by atoms with Crippen LogP contribution in [0.5, 0.6) is 5.75 Å². The largest absolute Gasteiger partial charge is 0.489 e. The van der Waals surface area contributed by atoms with Crippen molar-refractivity contribution in [3.05, 3.63) is 33.6 Å². The van der Waals surface area contributed by atoms with E-state index in [-0.39, 0.29) is 23.6 Å². The predicted molar refractivity (Wildman–Crippen MR) is 95.0 cm³/mol. The quantitative estimate of drug-likeness (QED) is 0.684. The highest BCUT2D eigenvalue weighted by Gasteiger charge is 2.41. The van der Waals surface area contributed by atoms with Crippen molar-refractivity contribution >= 4 is 33.4 Å². The zero-order valence-corrected chi connectivity index (χ0v) is 15.4. The molecule has 0 bridgehead atoms. The highest BCUT2D eigenvalue weighted by atomic mass is 79.9. The minimum Gasteiger partial charge on any atom is -0.489 e. The van der Waals surface area contributed by atoms with Gasteiger partial charge in [-0.2, -0.15) is 0 Å². The van der Waals surface area contributed by atoms with Crippen molar-refractivity contribution in [2.24, 2.45) is 0 Å². The summed E-state index contributed by atoms with van der Waals surface area (Å²) < 4.78 is 21.0. The van der Waals surface area contributed by atoms with Crippen molar-refractivity contribution in [1.82, 2.24) is 0 Å². The number of rotatable bonds is 3. The topological polar surface area (TPSA) is 46.6 Å². The van der Waals surface area contributed by atoms with Gasteiger partial charge in [0.05, 0.1) is 16.3 Å². The lowest BCUT2D eigenvalue weighted by molar-refractivity contribution is -0.120. The number of halogens is 2. The molecule has 0 radical (unpaired) electrons. The van der Waals surface area contributed by atoms with Crippen LogP contribution in [0.3, 0.4) is 0 Å². The Bertz CT molecular complexity index is 755. The first kappa shape index (κ1) is 16.8. The number of carbonyl (C=O) groups is 2. The van der Waals surface area contributed by atoms with Crippen LogP contribution >= 0.6 is 15.9 Å². The van der Waals surface area contributed by atoms with Gasteiger partial charge >= 0.3 is 0 Å². The summed E-state index contributed by atoms with van der Waals surface area (Å²) in [6.45, 7) is 0. The van der Waals surface area contributed by atoms with Crippen molar-refractivity contribution in [2.45, 2.75) is 57.5 Å². The molecule has 0 atom stereocenters. The Balaban J connectivity index is 1.68. The molecule has 3 aliphatic rings. The van der Waals surface area contributed by atoms with E-state index < -0.39 is 5.82 Å². The average Bonchev–Trinajstić information content (AvgIpc) is 3.19. The standard InChI is InChI=1S/C19H19BrFNO3/c20-14-9-15(21)16(10-17(14)25-11-5-1-2-6-11)22-18(23)12-7-3-4-8-13(12)19(22)24/h9-11H,1-8H2. The Kier molecular flexibility index (Phi) is 4.40. The molecule has 4 nitrogen and oxygen atoms in total. The molecular formula is C19H19BrFNO3. The van der Waals surface area contributed by atoms with Crippen LogP contribution < -0.4 is 9.64 Å². The SMILES string of the molecule is O=C1C2=C(CCCC2)C(=O)N1c1cc(OC2CCCC2)c(Br)cc1F. The van der Waals surface area contributed by atoms with E-state index in [0.29, 0.717) is 34.2 Å². The fraction of sp³-hybridized carbons (Fsp3) is 0.474. The Morgan fingerprint density at radius 1 is 1.00 bits per heavy atom. The van der Waals surface area contributed by atoms with Gasteiger partial charge in [0, 0.05) is 17.2 Å². The number of nitrogens with zero attached hydrogens (tertiary/aromatic N) is 1. The van der Waals surface area contributed by atoms with Crippen LogP contribution in [0.25, 0.3) is 0 Å². The lowest BCUT2D eigenvalue weighted by Gasteiger charge is -2.20. The maximum absolute atomic E-state index is 14.6. The Labute approximate surface area is 154 Å². The third-order valence-electron chi connectivity index (χ3n) is 5.23. The van der Waals surface area contributed by atoms with Crippen molar-refractivity contribution < 1.29 is 18.7 Å². The van der Waals surface area contributed by atoms with E-state index in [4.69, 9.17) is 4.74 Å². The lowest BCUT2D eigenvalue weighted by Crippen LogP contribution is -2.32. The zero-order valence-electron chi connectivity index (χ0n) is 13.8. The molecule has 1 aromatic rings. The average molecular weight is 408 g/mol. The van der Waals surface area contributed by atoms with Gasteiger partial charge in [-0.05, 0) is 73.4 Å². The van der Waals surface area contributed by atoms with E-state index in [1.807, 2.05) is 0 Å². The maximum Gasteiger partial charge on any atom is 0.261 e. The number of benzene rings is 1. The Morgan fingerprint density at radius 2 is 1.60 bits per heavy atom. The summed E-state index contributed by atoms with van der Waals surface area (Å²) in [5.41, 5.74) is 1.09. The third-order valence-corrected chi connectivity index (χ3v) is 5.85. The molecule has 1 aliphatic heterocycles. The van der Waals surface area contributed by atoms with E-state index in [0.717, 1.165) is 43.4 Å². The third kappa shape index (κ3) is 2.90. The highest BCUT2D eigenvalue weighted by molar-refractivity contribution is 9.10. The van der Waals surface area contributed by atoms with Gasteiger partial charge in [0.2, 0.25) is 0 Å². The van der Waals surface area contributed by atoms with E-state index in [9.17, 15) is 14.0 Å². The van der Waals surface area contributed by atoms with Gasteiger partial charge in [-0.3, -0.25) is 9.59 Å². The van der Waals surface area contributed by atoms with Crippen molar-refractivity contribution in [2.75, 3.05) is 4.90 Å². The summed E-state index contributed by atoms with van der Waals surface area (Å²) >= 11 is 3.32. The first-order chi connectivity index (χ1) is 12.1. The molecule has 1 saturated carbocycles. The molecule has 0 N–H and O–H groups in total. The summed E-state index contributed by atoms with van der Waals surface area (Å²) in [5.74, 6) is -0.888. The van der Waals surface area contributed by atoms with E-state index in [2.05, 4.69) is 15.9 Å². The first-order valence-corrected chi connectivity index (χ1v) is 9.62. The Morgan fingerprint density at radius 3 is 2.20 bits per heavy atom. The molecule has 1 fully saturated rings. The van der Waals surface area contributed by atoms with Crippen molar-refractivity contribution in [3.8, 4) is 5.75 Å². The van der Waals surface area contributed by atoms with Crippen molar-refractivity contribution in [3.63, 3.8) is 0 Å². The monoisotopic (exact) mass is 407 g/mol. The van der Waals surface area contributed by atoms with Gasteiger partial charge in [-0.25, -0.2) is 9.29 Å². The van der Waals surface area contributed by atoms with E-state index in [1.54, 1.807) is 0 Å². The molecule has 1 aromatic carbocycles. The molecule has 1 heterocycles. The number of amides is 2. The Hall–Kier alpha value is -1.69. The van der Waals surface area contributed by atoms with Crippen LogP contribution in [0.4, 0.5) is 10.1 Å². The number of ether oxygens (including phenoxy) is 1. The number of carbonyl (C=O) groups excluding carboxylic acids is 2. The summed E-state index contributed by atoms with van der Waals surface area (Å²) in [6, 6.07) is 2.75. The smallest absolute Gasteiger partial charge is 0.261 e. The first-order valence-electron chi connectivity index (χ1n) is 8.83. The zero-order chi connectivity index (χ0) is 17.6. The molecule has 0 spiro atoms. The second-order valence-electron chi connectivity index (χ2n) is 6.87. The van der Waals surface area contributed by atoms with Gasteiger partial charge in [0.1, 0.15) is 11.6 Å². The van der Waals surface area contributed by atoms with Crippen molar-refractivity contribution in [1.29, 1.82) is 0 Å². The fourth-order valence-corrected chi connectivity index (χ4v) is 4.33. The number of hydrogen-bond acceptors (Lipinski definition) is 3. The molecule has 4 rings (SSSR count). The second-order valence-corrected chi connectivity index (χ2v) is 7.72. The number of anilines is 1. The molecule has 0 aromatic heterocycles. The molecule has 2 amide bonds. The normalized spacial score (nSPS) is 21.3. The molecule has 132 valence electrons. The van der Waals surface area contributed by atoms with Crippen LogP contribution in [0, 0.1) is 5.82 Å². The maximum atomic E-state index is 14.6. The van der Waals surface area contributed by atoms with Gasteiger partial charge in [0.25, 0.3) is 11.8 Å². The highest BCUT2D eigenvalue weighted by Crippen LogP contribution is 2.40. The summed E-state index contributed by atoms with van der Waals surface area (Å²) in [7, 11) is 0. The second kappa shape index (κ2) is 6.56. The molecular weight excluding hydrogens is 389 g/mol. The van der Waals surface area contributed by atoms with Crippen LogP contribution in [-0.4, -0.2) is 17.9 Å². The summed E-state index contributed by atoms with van der Waals surface area (Å²) in [6.07, 6.45) is 7.26. The van der Waals surface area contributed by atoms with Crippen LogP contribution in [-0.2, 0) is 9.59 Å². The molecule has 0 saturated heterocycles. The van der Waals surface area contributed by atoms with Crippen LogP contribution in [0.15, 0.2) is 27.8 Å². The predicted octanol–water partition coefficient (Wildman–Crippen LogP) is 4.65. The summed E-state index contributed by atoms with van der Waals surface area (Å²) in [5, 5.41) is 0.